The van der Waals surface area contributed by atoms with Crippen LogP contribution in [0, 0.1) is 0 Å². The van der Waals surface area contributed by atoms with Crippen molar-refractivity contribution in [3.05, 3.63) is 34.7 Å². The maximum atomic E-state index is 6.23. The van der Waals surface area contributed by atoms with Gasteiger partial charge in [0.1, 0.15) is 6.61 Å². The standard InChI is InChI=1S/C12H15ClN4O/c1-3-8-11(13)9(17(2)16-8)7-18-10-5-4-6-15-12(10)14/h4-6H,3,7H2,1-2H3,(H2,14,15). The van der Waals surface area contributed by atoms with Crippen LogP contribution in [0.15, 0.2) is 18.3 Å². The van der Waals surface area contributed by atoms with E-state index in [4.69, 9.17) is 22.1 Å². The number of ether oxygens (including phenoxy) is 1. The van der Waals surface area contributed by atoms with Crippen LogP contribution in [0.2, 0.25) is 5.02 Å². The predicted molar refractivity (Wildman–Crippen MR) is 70.6 cm³/mol. The van der Waals surface area contributed by atoms with Gasteiger partial charge in [-0.15, -0.1) is 0 Å². The average Bonchev–Trinajstić information content (AvgIpc) is 2.64. The van der Waals surface area contributed by atoms with Crippen LogP contribution >= 0.6 is 11.6 Å². The lowest BCUT2D eigenvalue weighted by Crippen LogP contribution is -2.05. The number of rotatable bonds is 4. The lowest BCUT2D eigenvalue weighted by molar-refractivity contribution is 0.295. The predicted octanol–water partition coefficient (Wildman–Crippen LogP) is 2.19. The Morgan fingerprint density at radius 1 is 1.50 bits per heavy atom. The van der Waals surface area contributed by atoms with Crippen molar-refractivity contribution in [1.82, 2.24) is 14.8 Å². The number of nitrogens with zero attached hydrogens (tertiary/aromatic N) is 3. The van der Waals surface area contributed by atoms with Gasteiger partial charge in [-0.1, -0.05) is 18.5 Å². The van der Waals surface area contributed by atoms with Crippen molar-refractivity contribution in [2.24, 2.45) is 7.05 Å². The molecule has 2 aromatic heterocycles. The number of pyridine rings is 1. The van der Waals surface area contributed by atoms with E-state index in [1.54, 1.807) is 23.0 Å². The molecule has 2 heterocycles. The summed E-state index contributed by atoms with van der Waals surface area (Å²) >= 11 is 6.23. The zero-order valence-electron chi connectivity index (χ0n) is 10.4. The van der Waals surface area contributed by atoms with Gasteiger partial charge in [0.15, 0.2) is 11.6 Å². The fraction of sp³-hybridized carbons (Fsp3) is 0.333. The van der Waals surface area contributed by atoms with Crippen molar-refractivity contribution >= 4 is 17.4 Å². The van der Waals surface area contributed by atoms with Crippen molar-refractivity contribution in [3.63, 3.8) is 0 Å². The Bertz CT molecular complexity index is 553. The molecule has 2 N–H and O–H groups in total. The maximum Gasteiger partial charge on any atom is 0.166 e. The minimum Gasteiger partial charge on any atom is -0.483 e. The van der Waals surface area contributed by atoms with Gasteiger partial charge in [-0.3, -0.25) is 4.68 Å². The molecular weight excluding hydrogens is 252 g/mol. The SMILES string of the molecule is CCc1nn(C)c(COc2cccnc2N)c1Cl. The van der Waals surface area contributed by atoms with E-state index in [9.17, 15) is 0 Å². The first-order valence-electron chi connectivity index (χ1n) is 5.67. The lowest BCUT2D eigenvalue weighted by Gasteiger charge is -2.08. The second kappa shape index (κ2) is 5.27. The Morgan fingerprint density at radius 2 is 2.28 bits per heavy atom. The summed E-state index contributed by atoms with van der Waals surface area (Å²) in [4.78, 5) is 3.96. The third kappa shape index (κ3) is 2.41. The summed E-state index contributed by atoms with van der Waals surface area (Å²) in [6.07, 6.45) is 2.41. The van der Waals surface area contributed by atoms with Crippen LogP contribution < -0.4 is 10.5 Å². The minimum absolute atomic E-state index is 0.318. The highest BCUT2D eigenvalue weighted by Crippen LogP contribution is 2.24. The first-order valence-corrected chi connectivity index (χ1v) is 6.04. The third-order valence-corrected chi connectivity index (χ3v) is 3.10. The molecule has 0 aliphatic carbocycles. The first kappa shape index (κ1) is 12.7. The van der Waals surface area contributed by atoms with Gasteiger partial charge in [-0.2, -0.15) is 5.10 Å². The zero-order chi connectivity index (χ0) is 13.1. The summed E-state index contributed by atoms with van der Waals surface area (Å²) < 4.78 is 7.34. The summed E-state index contributed by atoms with van der Waals surface area (Å²) in [6, 6.07) is 3.54. The van der Waals surface area contributed by atoms with Gasteiger partial charge in [-0.05, 0) is 18.6 Å². The average molecular weight is 267 g/mol. The monoisotopic (exact) mass is 266 g/mol. The summed E-state index contributed by atoms with van der Waals surface area (Å²) in [5.41, 5.74) is 7.40. The molecule has 96 valence electrons. The molecule has 5 nitrogen and oxygen atoms in total. The molecule has 6 heteroatoms. The molecule has 2 rings (SSSR count). The van der Waals surface area contributed by atoms with E-state index in [1.807, 2.05) is 14.0 Å². The van der Waals surface area contributed by atoms with Gasteiger partial charge in [0.05, 0.1) is 16.4 Å². The highest BCUT2D eigenvalue weighted by molar-refractivity contribution is 6.31. The van der Waals surface area contributed by atoms with E-state index in [-0.39, 0.29) is 0 Å². The van der Waals surface area contributed by atoms with Crippen LogP contribution in [0.4, 0.5) is 5.82 Å². The first-order chi connectivity index (χ1) is 8.63. The van der Waals surface area contributed by atoms with Crippen LogP contribution in [0.3, 0.4) is 0 Å². The zero-order valence-corrected chi connectivity index (χ0v) is 11.1. The van der Waals surface area contributed by atoms with Gasteiger partial charge in [0, 0.05) is 13.2 Å². The van der Waals surface area contributed by atoms with Crippen molar-refractivity contribution in [3.8, 4) is 5.75 Å². The Kier molecular flexibility index (Phi) is 3.72. The van der Waals surface area contributed by atoms with Gasteiger partial charge in [0.2, 0.25) is 0 Å². The molecule has 0 aliphatic rings. The fourth-order valence-corrected chi connectivity index (χ4v) is 2.00. The molecule has 2 aromatic rings. The lowest BCUT2D eigenvalue weighted by atomic mass is 10.3. The quantitative estimate of drug-likeness (QED) is 0.921. The molecule has 0 aliphatic heterocycles. The highest BCUT2D eigenvalue weighted by atomic mass is 35.5. The Balaban J connectivity index is 2.16. The molecule has 0 unspecified atom stereocenters. The number of nitrogen functional groups attached to an aromatic ring is 1. The van der Waals surface area contributed by atoms with Gasteiger partial charge >= 0.3 is 0 Å². The smallest absolute Gasteiger partial charge is 0.166 e. The van der Waals surface area contributed by atoms with Crippen LogP contribution in [-0.2, 0) is 20.1 Å². The second-order valence-electron chi connectivity index (χ2n) is 3.86. The normalized spacial score (nSPS) is 10.6. The third-order valence-electron chi connectivity index (χ3n) is 2.67. The van der Waals surface area contributed by atoms with Crippen LogP contribution in [0.25, 0.3) is 0 Å². The van der Waals surface area contributed by atoms with Crippen LogP contribution in [0.5, 0.6) is 5.75 Å². The highest BCUT2D eigenvalue weighted by Gasteiger charge is 2.13. The Hall–Kier alpha value is -1.75. The number of hydrogen-bond donors (Lipinski definition) is 1. The summed E-state index contributed by atoms with van der Waals surface area (Å²) in [6.45, 7) is 2.33. The molecule has 0 fully saturated rings. The molecule has 0 amide bonds. The van der Waals surface area contributed by atoms with Crippen molar-refractivity contribution in [2.75, 3.05) is 5.73 Å². The molecule has 0 saturated heterocycles. The van der Waals surface area contributed by atoms with Crippen LogP contribution in [0.1, 0.15) is 18.3 Å². The van der Waals surface area contributed by atoms with E-state index in [0.717, 1.165) is 17.8 Å². The van der Waals surface area contributed by atoms with E-state index >= 15 is 0 Å². The Labute approximate surface area is 111 Å². The fourth-order valence-electron chi connectivity index (χ4n) is 1.65. The number of aryl methyl sites for hydroxylation is 2. The summed E-state index contributed by atoms with van der Waals surface area (Å²) in [7, 11) is 1.84. The van der Waals surface area contributed by atoms with E-state index in [1.165, 1.54) is 0 Å². The summed E-state index contributed by atoms with van der Waals surface area (Å²) in [5.74, 6) is 0.916. The van der Waals surface area contributed by atoms with Crippen molar-refractivity contribution in [2.45, 2.75) is 20.0 Å². The van der Waals surface area contributed by atoms with E-state index in [0.29, 0.717) is 23.2 Å². The number of halogens is 1. The van der Waals surface area contributed by atoms with Gasteiger partial charge < -0.3 is 10.5 Å². The maximum absolute atomic E-state index is 6.23. The van der Waals surface area contributed by atoms with Gasteiger partial charge in [-0.25, -0.2) is 4.98 Å². The summed E-state index contributed by atoms with van der Waals surface area (Å²) in [5, 5.41) is 4.98. The molecule has 0 atom stereocenters. The number of hydrogen-bond acceptors (Lipinski definition) is 4. The molecule has 0 spiro atoms. The Morgan fingerprint density at radius 3 is 2.89 bits per heavy atom. The molecular formula is C12H15ClN4O. The largest absolute Gasteiger partial charge is 0.483 e. The minimum atomic E-state index is 0.318. The van der Waals surface area contributed by atoms with E-state index < -0.39 is 0 Å². The van der Waals surface area contributed by atoms with Crippen molar-refractivity contribution < 1.29 is 4.74 Å². The second-order valence-corrected chi connectivity index (χ2v) is 4.24. The molecule has 0 saturated carbocycles. The number of anilines is 1. The molecule has 18 heavy (non-hydrogen) atoms. The topological polar surface area (TPSA) is 66.0 Å². The molecule has 0 bridgehead atoms. The van der Waals surface area contributed by atoms with Crippen LogP contribution in [-0.4, -0.2) is 14.8 Å². The van der Waals surface area contributed by atoms with E-state index in [2.05, 4.69) is 10.1 Å². The molecule has 0 radical (unpaired) electrons. The van der Waals surface area contributed by atoms with Gasteiger partial charge in [0.25, 0.3) is 0 Å². The number of aromatic nitrogens is 3. The molecule has 0 aromatic carbocycles. The number of nitrogens with two attached hydrogens (primary N) is 1. The van der Waals surface area contributed by atoms with Crippen molar-refractivity contribution in [1.29, 1.82) is 0 Å².